The maximum atomic E-state index is 14.5. The Bertz CT molecular complexity index is 1600. The number of aliphatic hydroxyl groups is 1. The van der Waals surface area contributed by atoms with Crippen molar-refractivity contribution in [2.75, 3.05) is 6.16 Å². The molecule has 0 aliphatic heterocycles. The number of rotatable bonds is 8. The number of hydrogen-bond acceptors (Lipinski definition) is 3. The highest BCUT2D eigenvalue weighted by Gasteiger charge is 2.51. The Kier molecular flexibility index (Phi) is 6.99. The minimum absolute atomic E-state index is 0.0952. The Morgan fingerprint density at radius 1 is 0.575 bits per heavy atom. The zero-order valence-corrected chi connectivity index (χ0v) is 22.7. The Morgan fingerprint density at radius 2 is 0.975 bits per heavy atom. The quantitative estimate of drug-likeness (QED) is 0.178. The van der Waals surface area contributed by atoms with Gasteiger partial charge >= 0.3 is 0 Å². The van der Waals surface area contributed by atoms with Gasteiger partial charge in [0.15, 0.2) is 11.6 Å². The van der Waals surface area contributed by atoms with Crippen LogP contribution in [-0.2, 0) is 0 Å². The predicted octanol–water partition coefficient (Wildman–Crippen LogP) is 6.65. The van der Waals surface area contributed by atoms with E-state index in [0.717, 1.165) is 15.9 Å². The Balaban J connectivity index is 1.63. The van der Waals surface area contributed by atoms with Crippen LogP contribution in [0.3, 0.4) is 0 Å². The Morgan fingerprint density at radius 3 is 1.43 bits per heavy atom. The van der Waals surface area contributed by atoms with Gasteiger partial charge in [-0.05, 0) is 36.4 Å². The first kappa shape index (κ1) is 25.7. The molecule has 0 radical (unpaired) electrons. The van der Waals surface area contributed by atoms with E-state index in [1.807, 2.05) is 72.8 Å². The Labute approximate surface area is 234 Å². The highest BCUT2D eigenvalue weighted by molar-refractivity contribution is 7.95. The summed E-state index contributed by atoms with van der Waals surface area (Å²) in [6.45, 7) is 0. The van der Waals surface area contributed by atoms with Gasteiger partial charge in [-0.25, -0.2) is 0 Å². The predicted molar refractivity (Wildman–Crippen MR) is 165 cm³/mol. The highest BCUT2D eigenvalue weighted by atomic mass is 31.2. The summed E-state index contributed by atoms with van der Waals surface area (Å²) in [5.41, 5.74) is 1.62. The molecule has 4 heteroatoms. The number of ketones is 2. The maximum absolute atomic E-state index is 14.5. The second-order valence-electron chi connectivity index (χ2n) is 9.92. The molecule has 40 heavy (non-hydrogen) atoms. The van der Waals surface area contributed by atoms with Crippen LogP contribution in [-0.4, -0.2) is 22.8 Å². The first-order valence-electron chi connectivity index (χ1n) is 13.3. The van der Waals surface area contributed by atoms with Crippen LogP contribution in [0, 0.1) is 5.92 Å². The lowest BCUT2D eigenvalue weighted by atomic mass is 9.89. The van der Waals surface area contributed by atoms with Gasteiger partial charge in [-0.2, -0.15) is 0 Å². The third-order valence-corrected chi connectivity index (χ3v) is 12.1. The van der Waals surface area contributed by atoms with Crippen molar-refractivity contribution in [1.29, 1.82) is 0 Å². The van der Waals surface area contributed by atoms with Gasteiger partial charge < -0.3 is 5.11 Å². The third kappa shape index (κ3) is 4.39. The minimum Gasteiger partial charge on any atom is -0.507 e. The number of carbonyl (C=O) groups is 2. The molecule has 1 aliphatic rings. The maximum Gasteiger partial charge on any atom is 0.194 e. The average molecular weight is 540 g/mol. The number of aliphatic hydroxyl groups excluding tert-OH is 1. The van der Waals surface area contributed by atoms with E-state index in [4.69, 9.17) is 0 Å². The van der Waals surface area contributed by atoms with Crippen LogP contribution in [0.2, 0.25) is 0 Å². The summed E-state index contributed by atoms with van der Waals surface area (Å²) in [5.74, 6) is -1.41. The summed E-state index contributed by atoms with van der Waals surface area (Å²) < 4.78 is 0. The van der Waals surface area contributed by atoms with Crippen molar-refractivity contribution in [3.63, 3.8) is 0 Å². The van der Waals surface area contributed by atoms with Crippen molar-refractivity contribution >= 4 is 40.5 Å². The van der Waals surface area contributed by atoms with Gasteiger partial charge in [0, 0.05) is 16.7 Å². The molecule has 0 heterocycles. The first-order chi connectivity index (χ1) is 19.6. The molecule has 194 valence electrons. The van der Waals surface area contributed by atoms with Crippen LogP contribution in [0.4, 0.5) is 0 Å². The van der Waals surface area contributed by atoms with Crippen LogP contribution in [0.1, 0.15) is 26.3 Å². The van der Waals surface area contributed by atoms with E-state index >= 15 is 0 Å². The lowest BCUT2D eigenvalue weighted by Crippen LogP contribution is -2.38. The lowest BCUT2D eigenvalue weighted by Gasteiger charge is -2.31. The third-order valence-electron chi connectivity index (χ3n) is 7.70. The summed E-state index contributed by atoms with van der Waals surface area (Å²) in [6, 6.07) is 47.0. The zero-order valence-electron chi connectivity index (χ0n) is 21.9. The molecule has 0 saturated carbocycles. The SMILES string of the molecule is O=C1C(C(C[P+](c2ccccc2)(c2ccccc2)c2ccccc2)C(=O)c2ccccc2)=C(O)c2ccccc21. The summed E-state index contributed by atoms with van der Waals surface area (Å²) in [5, 5.41) is 14.8. The van der Waals surface area contributed by atoms with Gasteiger partial charge in [-0.3, -0.25) is 9.59 Å². The number of hydrogen-bond donors (Lipinski definition) is 1. The number of carbonyl (C=O) groups excluding carboxylic acids is 2. The number of Topliss-reactive ketones (excluding diaryl/α,β-unsaturated/α-hetero) is 2. The second kappa shape index (κ2) is 10.9. The molecule has 6 rings (SSSR count). The van der Waals surface area contributed by atoms with E-state index in [0.29, 0.717) is 22.9 Å². The topological polar surface area (TPSA) is 54.4 Å². The number of fused-ring (bicyclic) bond motifs is 1. The summed E-state index contributed by atoms with van der Waals surface area (Å²) in [6.07, 6.45) is 0.359. The molecule has 1 unspecified atom stereocenters. The molecule has 5 aromatic carbocycles. The zero-order chi connectivity index (χ0) is 27.5. The second-order valence-corrected chi connectivity index (χ2v) is 13.5. The monoisotopic (exact) mass is 539 g/mol. The number of allylic oxidation sites excluding steroid dienone is 1. The summed E-state index contributed by atoms with van der Waals surface area (Å²) in [7, 11) is -2.50. The lowest BCUT2D eigenvalue weighted by molar-refractivity contribution is 0.0918. The molecule has 0 aromatic heterocycles. The van der Waals surface area contributed by atoms with Crippen LogP contribution in [0.15, 0.2) is 151 Å². The fourth-order valence-electron chi connectivity index (χ4n) is 5.80. The first-order valence-corrected chi connectivity index (χ1v) is 15.3. The molecule has 1 atom stereocenters. The molecule has 0 fully saturated rings. The molecule has 3 nitrogen and oxygen atoms in total. The molecule has 0 bridgehead atoms. The van der Waals surface area contributed by atoms with E-state index in [9.17, 15) is 14.7 Å². The van der Waals surface area contributed by atoms with Crippen LogP contribution in [0.5, 0.6) is 0 Å². The van der Waals surface area contributed by atoms with Gasteiger partial charge in [-0.1, -0.05) is 109 Å². The van der Waals surface area contributed by atoms with Crippen molar-refractivity contribution in [2.24, 2.45) is 5.92 Å². The van der Waals surface area contributed by atoms with Crippen molar-refractivity contribution in [1.82, 2.24) is 0 Å². The molecular formula is C36H28O3P+. The normalized spacial score (nSPS) is 13.7. The molecular weight excluding hydrogens is 511 g/mol. The van der Waals surface area contributed by atoms with Crippen LogP contribution < -0.4 is 15.9 Å². The number of benzene rings is 5. The van der Waals surface area contributed by atoms with E-state index < -0.39 is 13.2 Å². The average Bonchev–Trinajstić information content (AvgIpc) is 3.28. The smallest absolute Gasteiger partial charge is 0.194 e. The van der Waals surface area contributed by atoms with Crippen LogP contribution >= 0.6 is 7.26 Å². The van der Waals surface area contributed by atoms with E-state index in [1.54, 1.807) is 36.4 Å². The van der Waals surface area contributed by atoms with Gasteiger partial charge in [-0.15, -0.1) is 0 Å². The van der Waals surface area contributed by atoms with Gasteiger partial charge in [0.25, 0.3) is 0 Å². The van der Waals surface area contributed by atoms with Crippen molar-refractivity contribution in [2.45, 2.75) is 0 Å². The molecule has 0 spiro atoms. The molecule has 0 saturated heterocycles. The fraction of sp³-hybridized carbons (Fsp3) is 0.0556. The summed E-state index contributed by atoms with van der Waals surface area (Å²) >= 11 is 0. The molecule has 1 N–H and O–H groups in total. The largest absolute Gasteiger partial charge is 0.507 e. The molecule has 5 aromatic rings. The van der Waals surface area contributed by atoms with Gasteiger partial charge in [0.05, 0.1) is 17.7 Å². The van der Waals surface area contributed by atoms with Crippen molar-refractivity contribution in [3.05, 3.63) is 168 Å². The summed E-state index contributed by atoms with van der Waals surface area (Å²) in [4.78, 5) is 28.4. The minimum atomic E-state index is -2.50. The molecule has 1 aliphatic carbocycles. The Hall–Kier alpha value is -4.59. The van der Waals surface area contributed by atoms with E-state index in [1.165, 1.54) is 0 Å². The van der Waals surface area contributed by atoms with Gasteiger partial charge in [0.1, 0.15) is 28.9 Å². The molecule has 0 amide bonds. The van der Waals surface area contributed by atoms with Gasteiger partial charge in [0.2, 0.25) is 0 Å². The van der Waals surface area contributed by atoms with E-state index in [2.05, 4.69) is 36.4 Å². The van der Waals surface area contributed by atoms with Crippen molar-refractivity contribution < 1.29 is 14.7 Å². The van der Waals surface area contributed by atoms with Crippen LogP contribution in [0.25, 0.3) is 5.76 Å². The standard InChI is InChI=1S/C36H27O3P/c37-34(26-15-5-1-6-16-26)32(33-35(38)30-23-13-14-24-31(30)36(33)39)25-40(27-17-7-2-8-18-27,28-19-9-3-10-20-28)29-21-11-4-12-22-29/h1-24,32H,25H2/p+1. The van der Waals surface area contributed by atoms with Crippen molar-refractivity contribution in [3.8, 4) is 0 Å². The fourth-order valence-corrected chi connectivity index (χ4v) is 10.3. The highest BCUT2D eigenvalue weighted by Crippen LogP contribution is 2.58. The van der Waals surface area contributed by atoms with E-state index in [-0.39, 0.29) is 22.9 Å².